The molecule has 0 saturated heterocycles. The van der Waals surface area contributed by atoms with Crippen LogP contribution in [0, 0.1) is 5.41 Å². The third kappa shape index (κ3) is 9.10. The van der Waals surface area contributed by atoms with Gasteiger partial charge in [0.1, 0.15) is 0 Å². The number of aliphatic hydroxyl groups is 1. The summed E-state index contributed by atoms with van der Waals surface area (Å²) in [7, 11) is 0. The molecule has 27 heavy (non-hydrogen) atoms. The van der Waals surface area contributed by atoms with Crippen LogP contribution in [-0.4, -0.2) is 42.4 Å². The second-order valence-corrected chi connectivity index (χ2v) is 6.55. The van der Waals surface area contributed by atoms with Crippen molar-refractivity contribution in [3.8, 4) is 5.88 Å². The molecule has 0 radical (unpaired) electrons. The molecule has 7 heteroatoms. The van der Waals surface area contributed by atoms with Crippen LogP contribution in [-0.2, 0) is 6.54 Å². The smallest absolute Gasteiger partial charge is 0.218 e. The van der Waals surface area contributed by atoms with E-state index < -0.39 is 0 Å². The highest BCUT2D eigenvalue weighted by Gasteiger charge is 2.25. The molecule has 1 rings (SSSR count). The first-order chi connectivity index (χ1) is 12.6. The van der Waals surface area contributed by atoms with E-state index in [4.69, 9.17) is 9.73 Å². The largest absolute Gasteiger partial charge is 0.477 e. The van der Waals surface area contributed by atoms with E-state index in [2.05, 4.69) is 43.3 Å². The van der Waals surface area contributed by atoms with Gasteiger partial charge in [-0.1, -0.05) is 26.8 Å². The molecule has 0 atom stereocenters. The van der Waals surface area contributed by atoms with Crippen LogP contribution in [0.3, 0.4) is 0 Å². The second-order valence-electron chi connectivity index (χ2n) is 6.55. The van der Waals surface area contributed by atoms with Crippen LogP contribution in [0.2, 0.25) is 0 Å². The molecule has 0 aliphatic rings. The van der Waals surface area contributed by atoms with Crippen LogP contribution in [0.4, 0.5) is 0 Å². The number of aliphatic imine (C=N–C) groups is 1. The summed E-state index contributed by atoms with van der Waals surface area (Å²) < 4.78 is 5.71. The number of guanidine groups is 1. The highest BCUT2D eigenvalue weighted by molar-refractivity contribution is 14.0. The van der Waals surface area contributed by atoms with Crippen LogP contribution < -0.4 is 15.4 Å². The van der Waals surface area contributed by atoms with Crippen LogP contribution in [0.15, 0.2) is 23.3 Å². The van der Waals surface area contributed by atoms with Crippen molar-refractivity contribution in [1.82, 2.24) is 15.6 Å². The molecular formula is C20H37IN4O2. The molecule has 0 bridgehead atoms. The van der Waals surface area contributed by atoms with Gasteiger partial charge in [0.25, 0.3) is 0 Å². The predicted octanol–water partition coefficient (Wildman–Crippen LogP) is 3.73. The van der Waals surface area contributed by atoms with Gasteiger partial charge >= 0.3 is 0 Å². The molecule has 1 aromatic heterocycles. The Balaban J connectivity index is 0.00000676. The molecule has 0 fully saturated rings. The number of halogens is 1. The summed E-state index contributed by atoms with van der Waals surface area (Å²) in [6, 6.07) is 3.91. The van der Waals surface area contributed by atoms with Crippen LogP contribution >= 0.6 is 24.0 Å². The molecule has 3 N–H and O–H groups in total. The van der Waals surface area contributed by atoms with E-state index in [1.165, 1.54) is 0 Å². The zero-order chi connectivity index (χ0) is 19.3. The fraction of sp³-hybridized carbons (Fsp3) is 0.700. The monoisotopic (exact) mass is 492 g/mol. The lowest BCUT2D eigenvalue weighted by molar-refractivity contribution is 0.169. The van der Waals surface area contributed by atoms with Crippen molar-refractivity contribution in [3.63, 3.8) is 0 Å². The first-order valence-corrected chi connectivity index (χ1v) is 9.84. The maximum atomic E-state index is 9.39. The summed E-state index contributed by atoms with van der Waals surface area (Å²) >= 11 is 0. The number of rotatable bonds is 12. The third-order valence-electron chi connectivity index (χ3n) is 4.82. The van der Waals surface area contributed by atoms with Gasteiger partial charge in [-0.2, -0.15) is 0 Å². The van der Waals surface area contributed by atoms with Crippen molar-refractivity contribution < 1.29 is 9.84 Å². The standard InChI is InChI=1S/C20H36N4O2.HI/c1-5-14-26-18-17(10-9-12-22-18)15-23-19(21-8-4)24-16-20(6-2,7-3)11-13-25;/h9-10,12,25H,5-8,11,13-16H2,1-4H3,(H2,21,23,24);1H. The highest BCUT2D eigenvalue weighted by atomic mass is 127. The summed E-state index contributed by atoms with van der Waals surface area (Å²) in [4.78, 5) is 9.01. The minimum absolute atomic E-state index is 0. The summed E-state index contributed by atoms with van der Waals surface area (Å²) in [6.45, 7) is 11.4. The van der Waals surface area contributed by atoms with E-state index in [1.54, 1.807) is 6.20 Å². The van der Waals surface area contributed by atoms with E-state index in [-0.39, 0.29) is 36.0 Å². The quantitative estimate of drug-likeness (QED) is 0.236. The molecule has 6 nitrogen and oxygen atoms in total. The van der Waals surface area contributed by atoms with Gasteiger partial charge in [0.05, 0.1) is 13.2 Å². The maximum absolute atomic E-state index is 9.39. The van der Waals surface area contributed by atoms with Gasteiger partial charge < -0.3 is 20.5 Å². The van der Waals surface area contributed by atoms with E-state index in [9.17, 15) is 5.11 Å². The summed E-state index contributed by atoms with van der Waals surface area (Å²) in [6.07, 6.45) is 5.53. The van der Waals surface area contributed by atoms with Crippen LogP contribution in [0.1, 0.15) is 58.9 Å². The van der Waals surface area contributed by atoms with Crippen molar-refractivity contribution in [2.24, 2.45) is 10.4 Å². The number of aromatic nitrogens is 1. The molecule has 0 aromatic carbocycles. The summed E-state index contributed by atoms with van der Waals surface area (Å²) in [5, 5.41) is 16.1. The van der Waals surface area contributed by atoms with Crippen molar-refractivity contribution in [2.45, 2.75) is 59.9 Å². The molecule has 1 aromatic rings. The molecule has 156 valence electrons. The van der Waals surface area contributed by atoms with Gasteiger partial charge in [-0.05, 0) is 44.1 Å². The fourth-order valence-electron chi connectivity index (χ4n) is 2.83. The highest BCUT2D eigenvalue weighted by Crippen LogP contribution is 2.29. The number of nitrogens with zero attached hydrogens (tertiary/aromatic N) is 2. The minimum Gasteiger partial charge on any atom is -0.477 e. The second kappa shape index (κ2) is 14.9. The Bertz CT molecular complexity index is 536. The molecule has 0 aliphatic carbocycles. The SMILES string of the molecule is CCCOc1ncccc1CN=C(NCC)NCC(CC)(CC)CCO.I. The number of ether oxygens (including phenoxy) is 1. The molecule has 0 amide bonds. The van der Waals surface area contributed by atoms with E-state index in [0.29, 0.717) is 19.0 Å². The van der Waals surface area contributed by atoms with Crippen LogP contribution in [0.5, 0.6) is 5.88 Å². The lowest BCUT2D eigenvalue weighted by Gasteiger charge is -2.32. The Morgan fingerprint density at radius 3 is 2.56 bits per heavy atom. The number of pyridine rings is 1. The Morgan fingerprint density at radius 2 is 1.96 bits per heavy atom. The average molecular weight is 492 g/mol. The predicted molar refractivity (Wildman–Crippen MR) is 123 cm³/mol. The normalized spacial score (nSPS) is 11.7. The summed E-state index contributed by atoms with van der Waals surface area (Å²) in [5.74, 6) is 1.44. The number of hydrogen-bond donors (Lipinski definition) is 3. The Hall–Kier alpha value is -1.09. The van der Waals surface area contributed by atoms with Crippen molar-refractivity contribution in [1.29, 1.82) is 0 Å². The molecule has 1 heterocycles. The van der Waals surface area contributed by atoms with E-state index >= 15 is 0 Å². The van der Waals surface area contributed by atoms with Crippen molar-refractivity contribution in [3.05, 3.63) is 23.9 Å². The van der Waals surface area contributed by atoms with Gasteiger partial charge in [-0.3, -0.25) is 0 Å². The van der Waals surface area contributed by atoms with Gasteiger partial charge in [0.15, 0.2) is 5.96 Å². The number of aliphatic hydroxyl groups excluding tert-OH is 1. The van der Waals surface area contributed by atoms with Gasteiger partial charge in [-0.25, -0.2) is 9.98 Å². The molecular weight excluding hydrogens is 455 g/mol. The number of nitrogens with one attached hydrogen (secondary N) is 2. The molecule has 0 spiro atoms. The summed E-state index contributed by atoms with van der Waals surface area (Å²) in [5.41, 5.74) is 1.07. The molecule has 0 unspecified atom stereocenters. The first-order valence-electron chi connectivity index (χ1n) is 9.84. The van der Waals surface area contributed by atoms with Crippen molar-refractivity contribution >= 4 is 29.9 Å². The average Bonchev–Trinajstić information content (AvgIpc) is 2.68. The Kier molecular flexibility index (Phi) is 14.3. The van der Waals surface area contributed by atoms with Gasteiger partial charge in [0, 0.05) is 31.5 Å². The third-order valence-corrected chi connectivity index (χ3v) is 4.82. The van der Waals surface area contributed by atoms with E-state index in [0.717, 1.165) is 50.3 Å². The zero-order valence-corrected chi connectivity index (χ0v) is 19.6. The van der Waals surface area contributed by atoms with Gasteiger partial charge in [0.2, 0.25) is 5.88 Å². The lowest BCUT2D eigenvalue weighted by Crippen LogP contribution is -2.43. The fourth-order valence-corrected chi connectivity index (χ4v) is 2.83. The van der Waals surface area contributed by atoms with Crippen molar-refractivity contribution in [2.75, 3.05) is 26.3 Å². The molecule has 0 saturated carbocycles. The minimum atomic E-state index is 0. The van der Waals surface area contributed by atoms with E-state index in [1.807, 2.05) is 12.1 Å². The first kappa shape index (κ1) is 25.9. The Morgan fingerprint density at radius 1 is 1.22 bits per heavy atom. The van der Waals surface area contributed by atoms with Gasteiger partial charge in [-0.15, -0.1) is 24.0 Å². The number of hydrogen-bond acceptors (Lipinski definition) is 4. The maximum Gasteiger partial charge on any atom is 0.218 e. The Labute approximate surface area is 181 Å². The molecule has 0 aliphatic heterocycles. The van der Waals surface area contributed by atoms with Crippen LogP contribution in [0.25, 0.3) is 0 Å². The topological polar surface area (TPSA) is 78.8 Å². The lowest BCUT2D eigenvalue weighted by atomic mass is 9.79. The zero-order valence-electron chi connectivity index (χ0n) is 17.3.